The molecule has 0 radical (unpaired) electrons. The lowest BCUT2D eigenvalue weighted by molar-refractivity contribution is 0.470. The third-order valence-electron chi connectivity index (χ3n) is 3.09. The zero-order chi connectivity index (χ0) is 11.4. The number of hydrogen-bond donors (Lipinski definition) is 2. The first kappa shape index (κ1) is 11.9. The Hall–Kier alpha value is -1.18. The van der Waals surface area contributed by atoms with Crippen LogP contribution in [0.5, 0.6) is 5.75 Å². The van der Waals surface area contributed by atoms with Crippen LogP contribution < -0.4 is 5.32 Å². The van der Waals surface area contributed by atoms with Gasteiger partial charge in [0.1, 0.15) is 5.75 Å². The van der Waals surface area contributed by atoms with Crippen molar-refractivity contribution < 1.29 is 5.11 Å². The number of rotatable bonds is 4. The topological polar surface area (TPSA) is 32.3 Å². The molecular formula is C13H21NO. The fourth-order valence-electron chi connectivity index (χ4n) is 1.50. The van der Waals surface area contributed by atoms with Crippen LogP contribution in [0.15, 0.2) is 18.2 Å². The molecule has 84 valence electrons. The lowest BCUT2D eigenvalue weighted by atomic mass is 10.0. The van der Waals surface area contributed by atoms with E-state index < -0.39 is 0 Å². The van der Waals surface area contributed by atoms with Gasteiger partial charge in [-0.3, -0.25) is 0 Å². The average Bonchev–Trinajstić information content (AvgIpc) is 2.22. The van der Waals surface area contributed by atoms with Crippen molar-refractivity contribution in [2.75, 3.05) is 5.32 Å². The van der Waals surface area contributed by atoms with Crippen molar-refractivity contribution in [2.45, 2.75) is 40.2 Å². The van der Waals surface area contributed by atoms with E-state index >= 15 is 0 Å². The van der Waals surface area contributed by atoms with Crippen LogP contribution in [-0.4, -0.2) is 11.1 Å². The Labute approximate surface area is 92.3 Å². The number of benzene rings is 1. The van der Waals surface area contributed by atoms with Crippen molar-refractivity contribution in [2.24, 2.45) is 5.92 Å². The Balaban J connectivity index is 2.68. The Morgan fingerprint density at radius 1 is 1.33 bits per heavy atom. The minimum absolute atomic E-state index is 0.358. The molecule has 0 aromatic heterocycles. The summed E-state index contributed by atoms with van der Waals surface area (Å²) in [5.74, 6) is 1.01. The molecule has 2 nitrogen and oxygen atoms in total. The molecule has 0 aliphatic rings. The van der Waals surface area contributed by atoms with E-state index in [9.17, 15) is 5.11 Å². The fourth-order valence-corrected chi connectivity index (χ4v) is 1.50. The molecule has 0 fully saturated rings. The second-order valence-electron chi connectivity index (χ2n) is 4.32. The highest BCUT2D eigenvalue weighted by molar-refractivity contribution is 5.50. The van der Waals surface area contributed by atoms with Gasteiger partial charge in [0.15, 0.2) is 0 Å². The molecule has 0 aliphatic heterocycles. The van der Waals surface area contributed by atoms with Crippen LogP contribution in [0.1, 0.15) is 32.8 Å². The lowest BCUT2D eigenvalue weighted by Gasteiger charge is -2.21. The molecule has 15 heavy (non-hydrogen) atoms. The van der Waals surface area contributed by atoms with E-state index in [1.165, 1.54) is 6.42 Å². The second-order valence-corrected chi connectivity index (χ2v) is 4.32. The number of aryl methyl sites for hydroxylation is 1. The summed E-state index contributed by atoms with van der Waals surface area (Å²) < 4.78 is 0. The van der Waals surface area contributed by atoms with Crippen LogP contribution >= 0.6 is 0 Å². The van der Waals surface area contributed by atoms with Gasteiger partial charge in [-0.25, -0.2) is 0 Å². The molecule has 0 saturated heterocycles. The molecule has 0 amide bonds. The van der Waals surface area contributed by atoms with Crippen molar-refractivity contribution in [1.29, 1.82) is 0 Å². The van der Waals surface area contributed by atoms with E-state index in [0.29, 0.717) is 17.7 Å². The highest BCUT2D eigenvalue weighted by Gasteiger charge is 2.09. The molecule has 2 heteroatoms. The van der Waals surface area contributed by atoms with Gasteiger partial charge in [0.2, 0.25) is 0 Å². The Kier molecular flexibility index (Phi) is 4.01. The molecule has 1 aromatic rings. The smallest absolute Gasteiger partial charge is 0.118 e. The number of nitrogens with one attached hydrogen (secondary N) is 1. The zero-order valence-electron chi connectivity index (χ0n) is 10.0. The SMILES string of the molecule is CCC(C)C(C)Nc1ccc(O)c(C)c1. The van der Waals surface area contributed by atoms with Crippen LogP contribution in [0.2, 0.25) is 0 Å². The Morgan fingerprint density at radius 2 is 2.00 bits per heavy atom. The van der Waals surface area contributed by atoms with Crippen molar-refractivity contribution in [1.82, 2.24) is 0 Å². The zero-order valence-corrected chi connectivity index (χ0v) is 10.0. The quantitative estimate of drug-likeness (QED) is 0.740. The number of phenols is 1. The first-order valence-electron chi connectivity index (χ1n) is 5.60. The average molecular weight is 207 g/mol. The van der Waals surface area contributed by atoms with E-state index in [0.717, 1.165) is 11.3 Å². The fraction of sp³-hybridized carbons (Fsp3) is 0.538. The van der Waals surface area contributed by atoms with E-state index in [1.54, 1.807) is 6.07 Å². The standard InChI is InChI=1S/C13H21NO/c1-5-9(2)11(4)14-12-6-7-13(15)10(3)8-12/h6-9,11,14-15H,5H2,1-4H3. The second kappa shape index (κ2) is 5.06. The van der Waals surface area contributed by atoms with Gasteiger partial charge in [-0.05, 0) is 43.5 Å². The molecule has 0 spiro atoms. The van der Waals surface area contributed by atoms with E-state index in [4.69, 9.17) is 0 Å². The highest BCUT2D eigenvalue weighted by Crippen LogP contribution is 2.22. The van der Waals surface area contributed by atoms with Crippen LogP contribution in [-0.2, 0) is 0 Å². The largest absolute Gasteiger partial charge is 0.508 e. The third-order valence-corrected chi connectivity index (χ3v) is 3.09. The normalized spacial score (nSPS) is 14.7. The number of hydrogen-bond acceptors (Lipinski definition) is 2. The van der Waals surface area contributed by atoms with Crippen molar-refractivity contribution in [3.05, 3.63) is 23.8 Å². The minimum atomic E-state index is 0.358. The molecule has 1 rings (SSSR count). The number of anilines is 1. The predicted octanol–water partition coefficient (Wildman–Crippen LogP) is 3.55. The molecular weight excluding hydrogens is 186 g/mol. The van der Waals surface area contributed by atoms with Crippen LogP contribution in [0.3, 0.4) is 0 Å². The van der Waals surface area contributed by atoms with Gasteiger partial charge in [0.25, 0.3) is 0 Å². The summed E-state index contributed by atoms with van der Waals surface area (Å²) in [5.41, 5.74) is 1.99. The molecule has 2 unspecified atom stereocenters. The summed E-state index contributed by atoms with van der Waals surface area (Å²) in [6, 6.07) is 6.09. The predicted molar refractivity (Wildman–Crippen MR) is 65.4 cm³/mol. The van der Waals surface area contributed by atoms with Gasteiger partial charge in [0, 0.05) is 11.7 Å². The number of phenolic OH excluding ortho intramolecular Hbond substituents is 1. The first-order chi connectivity index (χ1) is 7.04. The first-order valence-corrected chi connectivity index (χ1v) is 5.60. The monoisotopic (exact) mass is 207 g/mol. The van der Waals surface area contributed by atoms with E-state index in [1.807, 2.05) is 19.1 Å². The van der Waals surface area contributed by atoms with Gasteiger partial charge in [-0.1, -0.05) is 20.3 Å². The Morgan fingerprint density at radius 3 is 2.53 bits per heavy atom. The number of aromatic hydroxyl groups is 1. The molecule has 0 heterocycles. The maximum Gasteiger partial charge on any atom is 0.118 e. The van der Waals surface area contributed by atoms with Crippen LogP contribution in [0, 0.1) is 12.8 Å². The van der Waals surface area contributed by atoms with Gasteiger partial charge < -0.3 is 10.4 Å². The van der Waals surface area contributed by atoms with Crippen LogP contribution in [0.25, 0.3) is 0 Å². The molecule has 0 bridgehead atoms. The van der Waals surface area contributed by atoms with Gasteiger partial charge in [0.05, 0.1) is 0 Å². The van der Waals surface area contributed by atoms with Gasteiger partial charge >= 0.3 is 0 Å². The van der Waals surface area contributed by atoms with Gasteiger partial charge in [-0.15, -0.1) is 0 Å². The summed E-state index contributed by atoms with van der Waals surface area (Å²) in [6.45, 7) is 8.54. The summed E-state index contributed by atoms with van der Waals surface area (Å²) >= 11 is 0. The van der Waals surface area contributed by atoms with Crippen LogP contribution in [0.4, 0.5) is 5.69 Å². The van der Waals surface area contributed by atoms with Crippen molar-refractivity contribution in [3.63, 3.8) is 0 Å². The maximum absolute atomic E-state index is 9.41. The minimum Gasteiger partial charge on any atom is -0.508 e. The molecule has 2 N–H and O–H groups in total. The molecule has 0 saturated carbocycles. The van der Waals surface area contributed by atoms with Crippen molar-refractivity contribution >= 4 is 5.69 Å². The summed E-state index contributed by atoms with van der Waals surface area (Å²) in [4.78, 5) is 0. The van der Waals surface area contributed by atoms with E-state index in [2.05, 4.69) is 26.1 Å². The summed E-state index contributed by atoms with van der Waals surface area (Å²) in [7, 11) is 0. The lowest BCUT2D eigenvalue weighted by Crippen LogP contribution is -2.23. The third kappa shape index (κ3) is 3.15. The van der Waals surface area contributed by atoms with Crippen molar-refractivity contribution in [3.8, 4) is 5.75 Å². The summed E-state index contributed by atoms with van der Waals surface area (Å²) in [6.07, 6.45) is 1.17. The molecule has 2 atom stereocenters. The summed E-state index contributed by atoms with van der Waals surface area (Å²) in [5, 5.41) is 12.9. The van der Waals surface area contributed by atoms with Gasteiger partial charge in [-0.2, -0.15) is 0 Å². The Bertz CT molecular complexity index is 322. The molecule has 0 aliphatic carbocycles. The highest BCUT2D eigenvalue weighted by atomic mass is 16.3. The molecule has 1 aromatic carbocycles. The van der Waals surface area contributed by atoms with E-state index in [-0.39, 0.29) is 0 Å². The maximum atomic E-state index is 9.41.